The molecular weight excluding hydrogens is 234 g/mol. The number of anilines is 2. The summed E-state index contributed by atoms with van der Waals surface area (Å²) in [5.41, 5.74) is 6.83. The van der Waals surface area contributed by atoms with Crippen LogP contribution in [0.15, 0.2) is 18.2 Å². The number of likely N-dealkylation sites (N-methyl/N-ethyl adjacent to an activating group) is 1. The SMILES string of the molecule is CN1CCC(Nc2cc(C(=O)O)ccc2N)C1=O. The van der Waals surface area contributed by atoms with Crippen LogP contribution in [-0.2, 0) is 4.79 Å². The molecule has 1 aliphatic rings. The number of amides is 1. The van der Waals surface area contributed by atoms with E-state index in [9.17, 15) is 9.59 Å². The highest BCUT2D eigenvalue weighted by Crippen LogP contribution is 2.23. The van der Waals surface area contributed by atoms with E-state index in [2.05, 4.69) is 5.32 Å². The number of carboxylic acid groups (broad SMARTS) is 1. The topological polar surface area (TPSA) is 95.7 Å². The van der Waals surface area contributed by atoms with E-state index in [0.717, 1.165) is 0 Å². The predicted molar refractivity (Wildman–Crippen MR) is 67.5 cm³/mol. The van der Waals surface area contributed by atoms with Crippen molar-refractivity contribution < 1.29 is 14.7 Å². The number of rotatable bonds is 3. The van der Waals surface area contributed by atoms with E-state index in [0.29, 0.717) is 24.3 Å². The first-order valence-electron chi connectivity index (χ1n) is 5.63. The van der Waals surface area contributed by atoms with Crippen molar-refractivity contribution in [1.29, 1.82) is 0 Å². The van der Waals surface area contributed by atoms with Crippen LogP contribution < -0.4 is 11.1 Å². The number of benzene rings is 1. The number of carboxylic acids is 1. The third-order valence-electron chi connectivity index (χ3n) is 3.06. The Bertz CT molecular complexity index is 501. The lowest BCUT2D eigenvalue weighted by Crippen LogP contribution is -2.31. The van der Waals surface area contributed by atoms with E-state index in [4.69, 9.17) is 10.8 Å². The maximum atomic E-state index is 11.7. The van der Waals surface area contributed by atoms with Gasteiger partial charge in [-0.25, -0.2) is 4.79 Å². The van der Waals surface area contributed by atoms with Crippen LogP contribution in [0.3, 0.4) is 0 Å². The fourth-order valence-electron chi connectivity index (χ4n) is 1.96. The van der Waals surface area contributed by atoms with E-state index in [1.54, 1.807) is 11.9 Å². The molecule has 18 heavy (non-hydrogen) atoms. The average Bonchev–Trinajstić information content (AvgIpc) is 2.63. The van der Waals surface area contributed by atoms with Crippen LogP contribution in [0.5, 0.6) is 0 Å². The van der Waals surface area contributed by atoms with Gasteiger partial charge in [0.2, 0.25) is 5.91 Å². The molecule has 1 fully saturated rings. The summed E-state index contributed by atoms with van der Waals surface area (Å²) < 4.78 is 0. The number of carbonyl (C=O) groups excluding carboxylic acids is 1. The number of nitrogens with zero attached hydrogens (tertiary/aromatic N) is 1. The maximum Gasteiger partial charge on any atom is 0.335 e. The van der Waals surface area contributed by atoms with Crippen LogP contribution in [0.25, 0.3) is 0 Å². The number of nitrogens with two attached hydrogens (primary N) is 1. The second kappa shape index (κ2) is 4.56. The van der Waals surface area contributed by atoms with E-state index in [-0.39, 0.29) is 17.5 Å². The van der Waals surface area contributed by atoms with Crippen LogP contribution in [0.2, 0.25) is 0 Å². The third kappa shape index (κ3) is 2.22. The highest BCUT2D eigenvalue weighted by Gasteiger charge is 2.29. The van der Waals surface area contributed by atoms with Gasteiger partial charge in [0.05, 0.1) is 16.9 Å². The zero-order valence-corrected chi connectivity index (χ0v) is 10.0. The van der Waals surface area contributed by atoms with Crippen molar-refractivity contribution >= 4 is 23.3 Å². The molecule has 0 radical (unpaired) electrons. The Kier molecular flexibility index (Phi) is 3.10. The first-order valence-corrected chi connectivity index (χ1v) is 5.63. The van der Waals surface area contributed by atoms with E-state index < -0.39 is 5.97 Å². The first-order chi connectivity index (χ1) is 8.49. The van der Waals surface area contributed by atoms with Gasteiger partial charge in [-0.05, 0) is 24.6 Å². The monoisotopic (exact) mass is 249 g/mol. The summed E-state index contributed by atoms with van der Waals surface area (Å²) in [5.74, 6) is -1.02. The normalized spacial score (nSPS) is 19.1. The van der Waals surface area contributed by atoms with Gasteiger partial charge in [0, 0.05) is 13.6 Å². The number of nitrogens with one attached hydrogen (secondary N) is 1. The lowest BCUT2D eigenvalue weighted by Gasteiger charge is -2.15. The summed E-state index contributed by atoms with van der Waals surface area (Å²) in [7, 11) is 1.74. The Labute approximate surface area is 104 Å². The summed E-state index contributed by atoms with van der Waals surface area (Å²) in [4.78, 5) is 24.3. The van der Waals surface area contributed by atoms with Gasteiger partial charge in [0.1, 0.15) is 6.04 Å². The van der Waals surface area contributed by atoms with Crippen LogP contribution in [0, 0.1) is 0 Å². The summed E-state index contributed by atoms with van der Waals surface area (Å²) in [5, 5.41) is 11.9. The van der Waals surface area contributed by atoms with Gasteiger partial charge in [0.15, 0.2) is 0 Å². The molecule has 0 aliphatic carbocycles. The lowest BCUT2D eigenvalue weighted by molar-refractivity contribution is -0.127. The number of hydrogen-bond donors (Lipinski definition) is 3. The standard InChI is InChI=1S/C12H15N3O3/c1-15-5-4-9(11(15)16)14-10-6-7(12(17)18)2-3-8(10)13/h2-3,6,9,14H,4-5,13H2,1H3,(H,17,18). The van der Waals surface area contributed by atoms with Gasteiger partial charge in [0.25, 0.3) is 0 Å². The summed E-state index contributed by atoms with van der Waals surface area (Å²) >= 11 is 0. The minimum atomic E-state index is -1.02. The van der Waals surface area contributed by atoms with E-state index in [1.165, 1.54) is 18.2 Å². The highest BCUT2D eigenvalue weighted by molar-refractivity contribution is 5.92. The second-order valence-corrected chi connectivity index (χ2v) is 4.35. The van der Waals surface area contributed by atoms with Crippen LogP contribution in [-0.4, -0.2) is 41.5 Å². The average molecular weight is 249 g/mol. The molecule has 4 N–H and O–H groups in total. The molecule has 96 valence electrons. The molecule has 1 amide bonds. The first kappa shape index (κ1) is 12.2. The molecule has 1 atom stereocenters. The largest absolute Gasteiger partial charge is 0.478 e. The van der Waals surface area contributed by atoms with Crippen molar-refractivity contribution in [1.82, 2.24) is 4.90 Å². The van der Waals surface area contributed by atoms with Crippen molar-refractivity contribution in [3.8, 4) is 0 Å². The molecule has 1 heterocycles. The van der Waals surface area contributed by atoms with Crippen molar-refractivity contribution in [3.05, 3.63) is 23.8 Å². The van der Waals surface area contributed by atoms with Crippen LogP contribution in [0.1, 0.15) is 16.8 Å². The summed E-state index contributed by atoms with van der Waals surface area (Å²) in [6.45, 7) is 0.690. The molecule has 0 saturated carbocycles. The zero-order chi connectivity index (χ0) is 13.3. The summed E-state index contributed by atoms with van der Waals surface area (Å²) in [6, 6.07) is 4.07. The van der Waals surface area contributed by atoms with Gasteiger partial charge in [-0.15, -0.1) is 0 Å². The number of likely N-dealkylation sites (tertiary alicyclic amines) is 1. The van der Waals surface area contributed by atoms with Gasteiger partial charge >= 0.3 is 5.97 Å². The van der Waals surface area contributed by atoms with Crippen LogP contribution in [0.4, 0.5) is 11.4 Å². The molecule has 0 spiro atoms. The minimum Gasteiger partial charge on any atom is -0.478 e. The molecule has 1 unspecified atom stereocenters. The molecular formula is C12H15N3O3. The molecule has 1 aliphatic heterocycles. The van der Waals surface area contributed by atoms with Gasteiger partial charge in [-0.1, -0.05) is 0 Å². The van der Waals surface area contributed by atoms with E-state index >= 15 is 0 Å². The Morgan fingerprint density at radius 2 is 2.28 bits per heavy atom. The Balaban J connectivity index is 2.21. The molecule has 1 aromatic rings. The van der Waals surface area contributed by atoms with Gasteiger partial charge in [-0.2, -0.15) is 0 Å². The van der Waals surface area contributed by atoms with Crippen molar-refractivity contribution in [2.24, 2.45) is 0 Å². The molecule has 0 bridgehead atoms. The van der Waals surface area contributed by atoms with Crippen molar-refractivity contribution in [3.63, 3.8) is 0 Å². The molecule has 0 aromatic heterocycles. The molecule has 1 aromatic carbocycles. The van der Waals surface area contributed by atoms with Gasteiger partial charge in [-0.3, -0.25) is 4.79 Å². The highest BCUT2D eigenvalue weighted by atomic mass is 16.4. The fraction of sp³-hybridized carbons (Fsp3) is 0.333. The Morgan fingerprint density at radius 1 is 1.56 bits per heavy atom. The maximum absolute atomic E-state index is 11.7. The van der Waals surface area contributed by atoms with Crippen LogP contribution >= 0.6 is 0 Å². The summed E-state index contributed by atoms with van der Waals surface area (Å²) in [6.07, 6.45) is 0.687. The third-order valence-corrected chi connectivity index (χ3v) is 3.06. The minimum absolute atomic E-state index is 0.00451. The Hall–Kier alpha value is -2.24. The second-order valence-electron chi connectivity index (χ2n) is 4.35. The smallest absolute Gasteiger partial charge is 0.335 e. The molecule has 6 nitrogen and oxygen atoms in total. The number of nitrogen functional groups attached to an aromatic ring is 1. The molecule has 1 saturated heterocycles. The molecule has 6 heteroatoms. The predicted octanol–water partition coefficient (Wildman–Crippen LogP) is 0.610. The fourth-order valence-corrected chi connectivity index (χ4v) is 1.96. The van der Waals surface area contributed by atoms with Crippen molar-refractivity contribution in [2.45, 2.75) is 12.5 Å². The van der Waals surface area contributed by atoms with E-state index in [1.807, 2.05) is 0 Å². The number of aromatic carboxylic acids is 1. The molecule has 2 rings (SSSR count). The number of hydrogen-bond acceptors (Lipinski definition) is 4. The quantitative estimate of drug-likeness (QED) is 0.682. The van der Waals surface area contributed by atoms with Crippen molar-refractivity contribution in [2.75, 3.05) is 24.6 Å². The zero-order valence-electron chi connectivity index (χ0n) is 10.0. The number of carbonyl (C=O) groups is 2. The Morgan fingerprint density at radius 3 is 2.83 bits per heavy atom. The lowest BCUT2D eigenvalue weighted by atomic mass is 10.1. The van der Waals surface area contributed by atoms with Gasteiger partial charge < -0.3 is 21.1 Å².